The van der Waals surface area contributed by atoms with Crippen LogP contribution in [0.5, 0.6) is 11.5 Å². The number of piperidine rings is 1. The van der Waals surface area contributed by atoms with Gasteiger partial charge in [0.1, 0.15) is 17.4 Å². The highest BCUT2D eigenvalue weighted by molar-refractivity contribution is 7.84. The van der Waals surface area contributed by atoms with Gasteiger partial charge in [-0.15, -0.1) is 0 Å². The average Bonchev–Trinajstić information content (AvgIpc) is 3.39. The maximum Gasteiger partial charge on any atom is 0.263 e. The van der Waals surface area contributed by atoms with Crippen LogP contribution >= 0.6 is 11.6 Å². The van der Waals surface area contributed by atoms with E-state index >= 15 is 0 Å². The van der Waals surface area contributed by atoms with Crippen molar-refractivity contribution in [2.45, 2.75) is 51.7 Å². The van der Waals surface area contributed by atoms with E-state index < -0.39 is 22.7 Å². The van der Waals surface area contributed by atoms with E-state index in [1.165, 1.54) is 22.8 Å². The standard InChI is InChI=1S/C26H28ClFN6O4S.C2H6/c1-3-33(2)39(36)32-19-5-4-18(28)24(17(19)13-29)38-21-7-6-20-22(23(21)27)25(35)34(15-31-20)16-12-26(37-14-16)8-10-30-11-9-26;1-2/h4-7,15-16,30,32H,3,8-12,14H2,1-2H3;1-2H3. The second-order valence-corrected chi connectivity index (χ2v) is 11.3. The highest BCUT2D eigenvalue weighted by Gasteiger charge is 2.42. The molecule has 2 saturated heterocycles. The number of rotatable bonds is 7. The second-order valence-electron chi connectivity index (χ2n) is 9.64. The number of hydrogen-bond acceptors (Lipinski definition) is 7. The zero-order valence-corrected chi connectivity index (χ0v) is 25.1. The van der Waals surface area contributed by atoms with Crippen LogP contribution in [0.3, 0.4) is 0 Å². The monoisotopic (exact) mass is 604 g/mol. The summed E-state index contributed by atoms with van der Waals surface area (Å²) in [7, 11) is 1.63. The molecule has 2 aliphatic heterocycles. The van der Waals surface area contributed by atoms with Crippen molar-refractivity contribution in [2.75, 3.05) is 38.0 Å². The zero-order chi connectivity index (χ0) is 29.7. The fourth-order valence-electron chi connectivity index (χ4n) is 4.98. The highest BCUT2D eigenvalue weighted by Crippen LogP contribution is 2.40. The molecule has 220 valence electrons. The van der Waals surface area contributed by atoms with Crippen molar-refractivity contribution in [3.05, 3.63) is 57.3 Å². The molecule has 5 rings (SSSR count). The third-order valence-electron chi connectivity index (χ3n) is 7.31. The summed E-state index contributed by atoms with van der Waals surface area (Å²) in [6.45, 7) is 8.43. The third-order valence-corrected chi connectivity index (χ3v) is 8.91. The van der Waals surface area contributed by atoms with Gasteiger partial charge in [0.2, 0.25) is 0 Å². The molecular weight excluding hydrogens is 571 g/mol. The molecule has 13 heteroatoms. The van der Waals surface area contributed by atoms with Gasteiger partial charge in [0.05, 0.1) is 46.2 Å². The first-order valence-corrected chi connectivity index (χ1v) is 15.1. The molecule has 2 aliphatic rings. The minimum absolute atomic E-state index is 0.0161. The maximum atomic E-state index is 14.9. The van der Waals surface area contributed by atoms with Crippen molar-refractivity contribution in [3.63, 3.8) is 0 Å². The molecule has 2 N–H and O–H groups in total. The van der Waals surface area contributed by atoms with E-state index in [-0.39, 0.29) is 44.6 Å². The Balaban J connectivity index is 0.00000189. The first-order chi connectivity index (χ1) is 19.8. The largest absolute Gasteiger partial charge is 0.451 e. The number of benzene rings is 2. The number of anilines is 1. The molecule has 3 heterocycles. The fourth-order valence-corrected chi connectivity index (χ4v) is 6.01. The number of nitrogens with one attached hydrogen (secondary N) is 2. The molecular formula is C28H34ClFN6O4S. The molecule has 0 aliphatic carbocycles. The predicted molar refractivity (Wildman–Crippen MR) is 158 cm³/mol. The first-order valence-electron chi connectivity index (χ1n) is 13.6. The Morgan fingerprint density at radius 3 is 2.76 bits per heavy atom. The van der Waals surface area contributed by atoms with Gasteiger partial charge in [-0.2, -0.15) is 5.26 Å². The molecule has 2 atom stereocenters. The fraction of sp³-hybridized carbons (Fsp3) is 0.464. The van der Waals surface area contributed by atoms with Gasteiger partial charge in [0.25, 0.3) is 5.56 Å². The van der Waals surface area contributed by atoms with Gasteiger partial charge in [0, 0.05) is 13.6 Å². The molecule has 3 aromatic rings. The van der Waals surface area contributed by atoms with Gasteiger partial charge in [-0.1, -0.05) is 32.4 Å². The average molecular weight is 605 g/mol. The number of ether oxygens (including phenoxy) is 2. The van der Waals surface area contributed by atoms with Crippen LogP contribution in [0.15, 0.2) is 35.4 Å². The minimum Gasteiger partial charge on any atom is -0.451 e. The summed E-state index contributed by atoms with van der Waals surface area (Å²) in [6, 6.07) is 7.15. The molecule has 0 radical (unpaired) electrons. The Kier molecular flexibility index (Phi) is 9.99. The summed E-state index contributed by atoms with van der Waals surface area (Å²) in [5.74, 6) is -1.24. The van der Waals surface area contributed by atoms with E-state index in [4.69, 9.17) is 21.1 Å². The van der Waals surface area contributed by atoms with Gasteiger partial charge in [-0.25, -0.2) is 17.9 Å². The Hall–Kier alpha value is -3.08. The van der Waals surface area contributed by atoms with Crippen molar-refractivity contribution >= 4 is 39.4 Å². The number of hydrogen-bond donors (Lipinski definition) is 2. The van der Waals surface area contributed by atoms with E-state index in [0.29, 0.717) is 25.1 Å². The summed E-state index contributed by atoms with van der Waals surface area (Å²) < 4.78 is 45.1. The van der Waals surface area contributed by atoms with E-state index in [1.54, 1.807) is 17.7 Å². The highest BCUT2D eigenvalue weighted by atomic mass is 35.5. The molecule has 10 nitrogen and oxygen atoms in total. The van der Waals surface area contributed by atoms with Crippen LogP contribution in [0.2, 0.25) is 5.02 Å². The van der Waals surface area contributed by atoms with E-state index in [1.807, 2.05) is 26.8 Å². The molecule has 0 bridgehead atoms. The molecule has 41 heavy (non-hydrogen) atoms. The van der Waals surface area contributed by atoms with Gasteiger partial charge in [0.15, 0.2) is 22.7 Å². The summed E-state index contributed by atoms with van der Waals surface area (Å²) in [5, 5.41) is 13.2. The molecule has 0 saturated carbocycles. The number of halogens is 2. The molecule has 1 aromatic heterocycles. The van der Waals surface area contributed by atoms with Crippen molar-refractivity contribution in [1.29, 1.82) is 5.26 Å². The Bertz CT molecular complexity index is 1540. The van der Waals surface area contributed by atoms with Crippen LogP contribution in [-0.4, -0.2) is 57.0 Å². The minimum atomic E-state index is -1.66. The van der Waals surface area contributed by atoms with Crippen LogP contribution in [-0.2, 0) is 15.9 Å². The molecule has 2 fully saturated rings. The van der Waals surface area contributed by atoms with Crippen molar-refractivity contribution < 1.29 is 18.1 Å². The van der Waals surface area contributed by atoms with E-state index in [2.05, 4.69) is 15.0 Å². The van der Waals surface area contributed by atoms with Gasteiger partial charge >= 0.3 is 0 Å². The van der Waals surface area contributed by atoms with Crippen LogP contribution < -0.4 is 20.3 Å². The maximum absolute atomic E-state index is 14.9. The lowest BCUT2D eigenvalue weighted by Gasteiger charge is -2.32. The Labute approximate surface area is 246 Å². The smallest absolute Gasteiger partial charge is 0.263 e. The van der Waals surface area contributed by atoms with E-state index in [9.17, 15) is 18.7 Å². The number of nitriles is 1. The Morgan fingerprint density at radius 1 is 1.34 bits per heavy atom. The number of nitrogens with zero attached hydrogens (tertiary/aromatic N) is 4. The second kappa shape index (κ2) is 13.3. The lowest BCUT2D eigenvalue weighted by molar-refractivity contribution is -0.0196. The summed E-state index contributed by atoms with van der Waals surface area (Å²) in [4.78, 5) is 18.0. The van der Waals surface area contributed by atoms with Gasteiger partial charge in [-0.3, -0.25) is 14.1 Å². The summed E-state index contributed by atoms with van der Waals surface area (Å²) >= 11 is 4.99. The van der Waals surface area contributed by atoms with Crippen molar-refractivity contribution in [3.8, 4) is 17.6 Å². The van der Waals surface area contributed by atoms with Gasteiger partial charge in [-0.05, 0) is 56.6 Å². The van der Waals surface area contributed by atoms with Crippen LogP contribution in [0, 0.1) is 17.1 Å². The van der Waals surface area contributed by atoms with Gasteiger partial charge < -0.3 is 14.8 Å². The van der Waals surface area contributed by atoms with Crippen LogP contribution in [0.4, 0.5) is 10.1 Å². The van der Waals surface area contributed by atoms with Crippen LogP contribution in [0.1, 0.15) is 51.6 Å². The first kappa shape index (κ1) is 30.9. The lowest BCUT2D eigenvalue weighted by Crippen LogP contribution is -2.41. The zero-order valence-electron chi connectivity index (χ0n) is 23.5. The normalized spacial score (nSPS) is 18.5. The molecule has 2 aromatic carbocycles. The number of aromatic nitrogens is 2. The number of fused-ring (bicyclic) bond motifs is 1. The topological polar surface area (TPSA) is 122 Å². The summed E-state index contributed by atoms with van der Waals surface area (Å²) in [5.41, 5.74) is -0.314. The molecule has 2 unspecified atom stereocenters. The molecule has 0 amide bonds. The van der Waals surface area contributed by atoms with Crippen molar-refractivity contribution in [1.82, 2.24) is 19.2 Å². The quantitative estimate of drug-likeness (QED) is 0.393. The van der Waals surface area contributed by atoms with Crippen LogP contribution in [0.25, 0.3) is 10.9 Å². The SMILES string of the molecule is CC.CCN(C)S(=O)Nc1ccc(F)c(Oc2ccc3ncn(C4COC5(CCNCC5)C4)c(=O)c3c2Cl)c1C#N. The van der Waals surface area contributed by atoms with E-state index in [0.717, 1.165) is 32.0 Å². The Morgan fingerprint density at radius 2 is 2.07 bits per heavy atom. The van der Waals surface area contributed by atoms with Crippen molar-refractivity contribution in [2.24, 2.45) is 0 Å². The third kappa shape index (κ3) is 6.24. The summed E-state index contributed by atoms with van der Waals surface area (Å²) in [6.07, 6.45) is 3.95. The molecule has 1 spiro atoms. The predicted octanol–water partition coefficient (Wildman–Crippen LogP) is 4.91. The lowest BCUT2D eigenvalue weighted by atomic mass is 9.88.